The van der Waals surface area contributed by atoms with E-state index in [1.54, 1.807) is 0 Å². The minimum Gasteiger partial charge on any atom is -0.304 e. The highest BCUT2D eigenvalue weighted by Crippen LogP contribution is 2.24. The Morgan fingerprint density at radius 3 is 2.50 bits per heavy atom. The number of pyridine rings is 1. The summed E-state index contributed by atoms with van der Waals surface area (Å²) in [6.45, 7) is 11.1. The van der Waals surface area contributed by atoms with Gasteiger partial charge in [0, 0.05) is 18.1 Å². The Kier molecular flexibility index (Phi) is 2.53. The van der Waals surface area contributed by atoms with Crippen LogP contribution in [0.25, 0.3) is 5.65 Å². The van der Waals surface area contributed by atoms with Gasteiger partial charge in [-0.2, -0.15) is 0 Å². The molecule has 2 heteroatoms. The SMILES string of the molecule is CC(C)c1cnc2cc(C(C)(C)C)ccn12. The van der Waals surface area contributed by atoms with Gasteiger partial charge in [-0.3, -0.25) is 0 Å². The number of imidazole rings is 1. The quantitative estimate of drug-likeness (QED) is 0.709. The molecule has 2 nitrogen and oxygen atoms in total. The molecule has 0 aliphatic carbocycles. The second-order valence-corrected chi connectivity index (χ2v) is 5.73. The van der Waals surface area contributed by atoms with Crippen molar-refractivity contribution in [1.82, 2.24) is 9.38 Å². The summed E-state index contributed by atoms with van der Waals surface area (Å²) in [5.74, 6) is 0.510. The Balaban J connectivity index is 2.58. The van der Waals surface area contributed by atoms with Crippen LogP contribution >= 0.6 is 0 Å². The lowest BCUT2D eigenvalue weighted by molar-refractivity contribution is 0.589. The van der Waals surface area contributed by atoms with Gasteiger partial charge in [-0.05, 0) is 29.0 Å². The largest absolute Gasteiger partial charge is 0.304 e. The molecule has 0 saturated heterocycles. The molecular formula is C14H20N2. The first-order valence-corrected chi connectivity index (χ1v) is 5.87. The zero-order valence-electron chi connectivity index (χ0n) is 10.8. The summed E-state index contributed by atoms with van der Waals surface area (Å²) in [5, 5.41) is 0. The van der Waals surface area contributed by atoms with Crippen molar-refractivity contribution in [3.63, 3.8) is 0 Å². The fourth-order valence-electron chi connectivity index (χ4n) is 1.89. The summed E-state index contributed by atoms with van der Waals surface area (Å²) < 4.78 is 2.18. The number of hydrogen-bond acceptors (Lipinski definition) is 1. The summed E-state index contributed by atoms with van der Waals surface area (Å²) in [7, 11) is 0. The number of fused-ring (bicyclic) bond motifs is 1. The molecule has 0 amide bonds. The van der Waals surface area contributed by atoms with Crippen LogP contribution in [0.2, 0.25) is 0 Å². The highest BCUT2D eigenvalue weighted by molar-refractivity contribution is 5.45. The molecule has 0 unspecified atom stereocenters. The second-order valence-electron chi connectivity index (χ2n) is 5.73. The van der Waals surface area contributed by atoms with E-state index in [1.165, 1.54) is 11.3 Å². The van der Waals surface area contributed by atoms with Gasteiger partial charge in [-0.15, -0.1) is 0 Å². The standard InChI is InChI=1S/C14H20N2/c1-10(2)12-9-15-13-8-11(14(3,4)5)6-7-16(12)13/h6-10H,1-5H3. The van der Waals surface area contributed by atoms with E-state index < -0.39 is 0 Å². The molecule has 0 aromatic carbocycles. The van der Waals surface area contributed by atoms with Crippen LogP contribution < -0.4 is 0 Å². The van der Waals surface area contributed by atoms with E-state index in [9.17, 15) is 0 Å². The maximum atomic E-state index is 4.48. The van der Waals surface area contributed by atoms with E-state index in [0.717, 1.165) is 5.65 Å². The lowest BCUT2D eigenvalue weighted by atomic mass is 9.88. The van der Waals surface area contributed by atoms with Gasteiger partial charge in [-0.25, -0.2) is 4.98 Å². The maximum Gasteiger partial charge on any atom is 0.137 e. The first-order valence-electron chi connectivity index (χ1n) is 5.87. The van der Waals surface area contributed by atoms with E-state index in [2.05, 4.69) is 62.3 Å². The molecule has 2 heterocycles. The smallest absolute Gasteiger partial charge is 0.137 e. The molecule has 86 valence electrons. The predicted molar refractivity (Wildman–Crippen MR) is 68.0 cm³/mol. The summed E-state index contributed by atoms with van der Waals surface area (Å²) in [6.07, 6.45) is 4.12. The molecular weight excluding hydrogens is 196 g/mol. The van der Waals surface area contributed by atoms with Gasteiger partial charge < -0.3 is 4.40 Å². The lowest BCUT2D eigenvalue weighted by Crippen LogP contribution is -2.11. The van der Waals surface area contributed by atoms with Crippen LogP contribution in [-0.4, -0.2) is 9.38 Å². The monoisotopic (exact) mass is 216 g/mol. The van der Waals surface area contributed by atoms with Crippen molar-refractivity contribution in [1.29, 1.82) is 0 Å². The molecule has 0 spiro atoms. The van der Waals surface area contributed by atoms with Crippen LogP contribution in [0, 0.1) is 0 Å². The third-order valence-corrected chi connectivity index (χ3v) is 3.00. The van der Waals surface area contributed by atoms with Crippen molar-refractivity contribution in [3.8, 4) is 0 Å². The fourth-order valence-corrected chi connectivity index (χ4v) is 1.89. The van der Waals surface area contributed by atoms with Crippen LogP contribution in [0.4, 0.5) is 0 Å². The molecule has 0 radical (unpaired) electrons. The van der Waals surface area contributed by atoms with Gasteiger partial charge in [0.05, 0.1) is 0 Å². The number of nitrogens with zero attached hydrogens (tertiary/aromatic N) is 2. The van der Waals surface area contributed by atoms with Gasteiger partial charge in [0.2, 0.25) is 0 Å². The van der Waals surface area contributed by atoms with Crippen molar-refractivity contribution in [2.45, 2.75) is 46.0 Å². The van der Waals surface area contributed by atoms with Crippen LogP contribution in [0.1, 0.15) is 51.8 Å². The average Bonchev–Trinajstić information content (AvgIpc) is 2.58. The highest BCUT2D eigenvalue weighted by Gasteiger charge is 2.15. The summed E-state index contributed by atoms with van der Waals surface area (Å²) in [6, 6.07) is 4.38. The van der Waals surface area contributed by atoms with Crippen LogP contribution in [0.3, 0.4) is 0 Å². The number of aromatic nitrogens is 2. The molecule has 0 atom stereocenters. The van der Waals surface area contributed by atoms with Gasteiger partial charge in [0.15, 0.2) is 0 Å². The Bertz CT molecular complexity index is 501. The summed E-state index contributed by atoms with van der Waals surface area (Å²) in [4.78, 5) is 4.48. The first kappa shape index (κ1) is 11.2. The molecule has 0 aliphatic rings. The maximum absolute atomic E-state index is 4.48. The van der Waals surface area contributed by atoms with E-state index >= 15 is 0 Å². The Morgan fingerprint density at radius 2 is 1.94 bits per heavy atom. The predicted octanol–water partition coefficient (Wildman–Crippen LogP) is 3.76. The third kappa shape index (κ3) is 1.84. The lowest BCUT2D eigenvalue weighted by Gasteiger charge is -2.19. The van der Waals surface area contributed by atoms with E-state index in [0.29, 0.717) is 5.92 Å². The molecule has 0 N–H and O–H groups in total. The van der Waals surface area contributed by atoms with E-state index in [-0.39, 0.29) is 5.41 Å². The fraction of sp³-hybridized carbons (Fsp3) is 0.500. The zero-order valence-corrected chi connectivity index (χ0v) is 10.8. The van der Waals surface area contributed by atoms with Gasteiger partial charge in [0.1, 0.15) is 5.65 Å². The Hall–Kier alpha value is -1.31. The van der Waals surface area contributed by atoms with Gasteiger partial charge >= 0.3 is 0 Å². The molecule has 2 aromatic rings. The van der Waals surface area contributed by atoms with Crippen molar-refractivity contribution in [2.24, 2.45) is 0 Å². The molecule has 2 aromatic heterocycles. The van der Waals surface area contributed by atoms with Crippen LogP contribution in [-0.2, 0) is 5.41 Å². The molecule has 2 rings (SSSR count). The first-order chi connectivity index (χ1) is 7.39. The van der Waals surface area contributed by atoms with E-state index in [4.69, 9.17) is 0 Å². The molecule has 0 fully saturated rings. The van der Waals surface area contributed by atoms with Gasteiger partial charge in [0.25, 0.3) is 0 Å². The minimum absolute atomic E-state index is 0.186. The van der Waals surface area contributed by atoms with Crippen molar-refractivity contribution in [2.75, 3.05) is 0 Å². The van der Waals surface area contributed by atoms with Crippen LogP contribution in [0.5, 0.6) is 0 Å². The Labute approximate surface area is 97.3 Å². The average molecular weight is 216 g/mol. The molecule has 0 aliphatic heterocycles. The number of rotatable bonds is 1. The normalized spacial score (nSPS) is 12.6. The summed E-state index contributed by atoms with van der Waals surface area (Å²) >= 11 is 0. The van der Waals surface area contributed by atoms with Crippen LogP contribution in [0.15, 0.2) is 24.5 Å². The minimum atomic E-state index is 0.186. The van der Waals surface area contributed by atoms with Crippen molar-refractivity contribution < 1.29 is 0 Å². The molecule has 16 heavy (non-hydrogen) atoms. The summed E-state index contributed by atoms with van der Waals surface area (Å²) in [5.41, 5.74) is 3.85. The third-order valence-electron chi connectivity index (χ3n) is 3.00. The van der Waals surface area contributed by atoms with Crippen molar-refractivity contribution in [3.05, 3.63) is 35.8 Å². The highest BCUT2D eigenvalue weighted by atomic mass is 15.0. The second kappa shape index (κ2) is 3.62. The van der Waals surface area contributed by atoms with Gasteiger partial charge in [-0.1, -0.05) is 34.6 Å². The Morgan fingerprint density at radius 1 is 1.25 bits per heavy atom. The van der Waals surface area contributed by atoms with Crippen molar-refractivity contribution >= 4 is 5.65 Å². The molecule has 0 bridgehead atoms. The zero-order chi connectivity index (χ0) is 11.9. The number of hydrogen-bond donors (Lipinski definition) is 0. The van der Waals surface area contributed by atoms with E-state index in [1.807, 2.05) is 6.20 Å². The topological polar surface area (TPSA) is 17.3 Å². The molecule has 0 saturated carbocycles.